The molecule has 1 heterocycles. The molecule has 0 aromatic heterocycles. The molecule has 0 spiro atoms. The average Bonchev–Trinajstić information content (AvgIpc) is 3.12. The van der Waals surface area contributed by atoms with E-state index in [1.165, 1.54) is 25.5 Å². The third-order valence-corrected chi connectivity index (χ3v) is 5.67. The van der Waals surface area contributed by atoms with Crippen molar-refractivity contribution in [2.24, 2.45) is 17.8 Å². The number of piperazine rings is 1. The summed E-state index contributed by atoms with van der Waals surface area (Å²) in [6, 6.07) is 7.01. The maximum Gasteiger partial charge on any atom is 0.123 e. The van der Waals surface area contributed by atoms with Crippen LogP contribution in [0.25, 0.3) is 0 Å². The maximum absolute atomic E-state index is 13.3. The predicted molar refractivity (Wildman–Crippen MR) is 87.0 cm³/mol. The Morgan fingerprint density at radius 2 is 1.82 bits per heavy atom. The number of benzene rings is 1. The van der Waals surface area contributed by atoms with Gasteiger partial charge in [-0.25, -0.2) is 4.39 Å². The first kappa shape index (κ1) is 14.4. The first-order valence-electron chi connectivity index (χ1n) is 8.64. The molecule has 0 radical (unpaired) electrons. The second kappa shape index (κ2) is 6.13. The second-order valence-corrected chi connectivity index (χ2v) is 7.25. The Balaban J connectivity index is 1.25. The van der Waals surface area contributed by atoms with Crippen LogP contribution in [0, 0.1) is 23.6 Å². The Bertz CT molecular complexity index is 548. The topological polar surface area (TPSA) is 6.48 Å². The molecule has 2 aliphatic carbocycles. The number of fused-ring (bicyclic) bond motifs is 2. The quantitative estimate of drug-likeness (QED) is 0.788. The summed E-state index contributed by atoms with van der Waals surface area (Å²) in [5, 5.41) is 0. The van der Waals surface area contributed by atoms with Gasteiger partial charge in [-0.15, -0.1) is 0 Å². The number of nitrogens with zero attached hydrogens (tertiary/aromatic N) is 2. The highest BCUT2D eigenvalue weighted by Gasteiger charge is 2.36. The molecule has 2 fully saturated rings. The predicted octanol–water partition coefficient (Wildman–Crippen LogP) is 3.16. The van der Waals surface area contributed by atoms with Crippen molar-refractivity contribution < 1.29 is 4.39 Å². The number of hydrogen-bond acceptors (Lipinski definition) is 2. The van der Waals surface area contributed by atoms with Gasteiger partial charge in [0.25, 0.3) is 0 Å². The molecule has 0 amide bonds. The molecule has 2 bridgehead atoms. The van der Waals surface area contributed by atoms with E-state index in [4.69, 9.17) is 0 Å². The first-order chi connectivity index (χ1) is 10.8. The van der Waals surface area contributed by atoms with Crippen LogP contribution in [-0.4, -0.2) is 42.5 Å². The molecule has 1 aromatic carbocycles. The molecular formula is C19H25FN2. The molecule has 1 aliphatic heterocycles. The van der Waals surface area contributed by atoms with Gasteiger partial charge in [-0.1, -0.05) is 24.3 Å². The summed E-state index contributed by atoms with van der Waals surface area (Å²) in [6.45, 7) is 6.68. The Morgan fingerprint density at radius 1 is 1.00 bits per heavy atom. The molecule has 3 atom stereocenters. The van der Waals surface area contributed by atoms with Crippen LogP contribution in [0.3, 0.4) is 0 Å². The minimum atomic E-state index is -0.125. The van der Waals surface area contributed by atoms with E-state index in [-0.39, 0.29) is 5.82 Å². The van der Waals surface area contributed by atoms with Crippen LogP contribution in [0.1, 0.15) is 18.4 Å². The highest BCUT2D eigenvalue weighted by molar-refractivity contribution is 5.16. The van der Waals surface area contributed by atoms with Crippen LogP contribution in [0.15, 0.2) is 36.4 Å². The second-order valence-electron chi connectivity index (χ2n) is 7.25. The first-order valence-corrected chi connectivity index (χ1v) is 8.64. The van der Waals surface area contributed by atoms with Gasteiger partial charge in [-0.3, -0.25) is 4.90 Å². The van der Waals surface area contributed by atoms with E-state index in [0.717, 1.165) is 56.0 Å². The molecule has 3 aliphatic rings. The fourth-order valence-corrected chi connectivity index (χ4v) is 4.46. The van der Waals surface area contributed by atoms with E-state index < -0.39 is 0 Å². The van der Waals surface area contributed by atoms with Crippen molar-refractivity contribution >= 4 is 0 Å². The lowest BCUT2D eigenvalue weighted by Crippen LogP contribution is -2.47. The molecule has 22 heavy (non-hydrogen) atoms. The molecule has 2 nitrogen and oxygen atoms in total. The molecule has 118 valence electrons. The Labute approximate surface area is 132 Å². The van der Waals surface area contributed by atoms with Crippen LogP contribution < -0.4 is 0 Å². The van der Waals surface area contributed by atoms with Crippen LogP contribution in [-0.2, 0) is 6.54 Å². The molecular weight excluding hydrogens is 275 g/mol. The lowest BCUT2D eigenvalue weighted by Gasteiger charge is -2.37. The Morgan fingerprint density at radius 3 is 2.50 bits per heavy atom. The van der Waals surface area contributed by atoms with Crippen molar-refractivity contribution in [3.05, 3.63) is 47.8 Å². The van der Waals surface area contributed by atoms with Crippen molar-refractivity contribution in [3.8, 4) is 0 Å². The van der Waals surface area contributed by atoms with Gasteiger partial charge in [0.05, 0.1) is 0 Å². The van der Waals surface area contributed by atoms with Crippen molar-refractivity contribution in [2.75, 3.05) is 32.7 Å². The van der Waals surface area contributed by atoms with Crippen LogP contribution in [0.5, 0.6) is 0 Å². The van der Waals surface area contributed by atoms with Gasteiger partial charge in [0, 0.05) is 39.3 Å². The zero-order valence-corrected chi connectivity index (χ0v) is 13.1. The van der Waals surface area contributed by atoms with Gasteiger partial charge in [0.15, 0.2) is 0 Å². The summed E-state index contributed by atoms with van der Waals surface area (Å²) in [5.41, 5.74) is 1.09. The van der Waals surface area contributed by atoms with Gasteiger partial charge in [-0.2, -0.15) is 0 Å². The van der Waals surface area contributed by atoms with E-state index in [9.17, 15) is 4.39 Å². The highest BCUT2D eigenvalue weighted by Crippen LogP contribution is 2.43. The van der Waals surface area contributed by atoms with E-state index in [1.54, 1.807) is 6.07 Å². The number of rotatable bonds is 4. The molecule has 1 saturated heterocycles. The normalized spacial score (nSPS) is 32.0. The maximum atomic E-state index is 13.3. The Hall–Kier alpha value is -1.19. The smallest absolute Gasteiger partial charge is 0.123 e. The number of halogens is 1. The minimum absolute atomic E-state index is 0.125. The standard InChI is InChI=1S/C19H25FN2/c20-19-3-1-2-16(12-19)13-21-6-8-22(9-7-21)14-18-11-15-4-5-17(18)10-15/h1-5,12,15,17-18H,6-11,13-14H2. The van der Waals surface area contributed by atoms with Crippen molar-refractivity contribution in [1.29, 1.82) is 0 Å². The van der Waals surface area contributed by atoms with Gasteiger partial charge in [0.1, 0.15) is 5.82 Å². The van der Waals surface area contributed by atoms with Gasteiger partial charge >= 0.3 is 0 Å². The van der Waals surface area contributed by atoms with E-state index in [2.05, 4.69) is 22.0 Å². The molecule has 1 saturated carbocycles. The molecule has 3 heteroatoms. The average molecular weight is 300 g/mol. The van der Waals surface area contributed by atoms with Crippen LogP contribution in [0.4, 0.5) is 4.39 Å². The summed E-state index contributed by atoms with van der Waals surface area (Å²) >= 11 is 0. The summed E-state index contributed by atoms with van der Waals surface area (Å²) in [4.78, 5) is 5.09. The summed E-state index contributed by atoms with van der Waals surface area (Å²) < 4.78 is 13.3. The molecule has 4 rings (SSSR count). The van der Waals surface area contributed by atoms with Gasteiger partial charge in [-0.05, 0) is 48.3 Å². The van der Waals surface area contributed by atoms with Crippen molar-refractivity contribution in [3.63, 3.8) is 0 Å². The fourth-order valence-electron chi connectivity index (χ4n) is 4.46. The van der Waals surface area contributed by atoms with E-state index in [1.807, 2.05) is 12.1 Å². The lowest BCUT2D eigenvalue weighted by molar-refractivity contribution is 0.108. The fraction of sp³-hybridized carbons (Fsp3) is 0.579. The van der Waals surface area contributed by atoms with Crippen LogP contribution in [0.2, 0.25) is 0 Å². The minimum Gasteiger partial charge on any atom is -0.300 e. The van der Waals surface area contributed by atoms with E-state index >= 15 is 0 Å². The summed E-state index contributed by atoms with van der Waals surface area (Å²) in [5.74, 6) is 2.50. The zero-order valence-electron chi connectivity index (χ0n) is 13.1. The van der Waals surface area contributed by atoms with Gasteiger partial charge < -0.3 is 4.90 Å². The van der Waals surface area contributed by atoms with Crippen molar-refractivity contribution in [2.45, 2.75) is 19.4 Å². The highest BCUT2D eigenvalue weighted by atomic mass is 19.1. The largest absolute Gasteiger partial charge is 0.300 e. The molecule has 1 aromatic rings. The van der Waals surface area contributed by atoms with Crippen LogP contribution >= 0.6 is 0 Å². The summed E-state index contributed by atoms with van der Waals surface area (Å²) in [7, 11) is 0. The number of hydrogen-bond donors (Lipinski definition) is 0. The van der Waals surface area contributed by atoms with Crippen molar-refractivity contribution in [1.82, 2.24) is 9.80 Å². The third kappa shape index (κ3) is 3.11. The van der Waals surface area contributed by atoms with Gasteiger partial charge in [0.2, 0.25) is 0 Å². The van der Waals surface area contributed by atoms with E-state index in [0.29, 0.717) is 0 Å². The molecule has 0 N–H and O–H groups in total. The lowest BCUT2D eigenvalue weighted by atomic mass is 9.93. The number of allylic oxidation sites excluding steroid dienone is 2. The Kier molecular flexibility index (Phi) is 4.01. The monoisotopic (exact) mass is 300 g/mol. The third-order valence-electron chi connectivity index (χ3n) is 5.67. The molecule has 3 unspecified atom stereocenters. The summed E-state index contributed by atoms with van der Waals surface area (Å²) in [6.07, 6.45) is 7.70. The zero-order chi connectivity index (χ0) is 14.9. The SMILES string of the molecule is Fc1cccc(CN2CCN(CC3CC4C=CC3C4)CC2)c1.